The molecular weight excluding hydrogens is 406 g/mol. The molecule has 0 N–H and O–H groups in total. The van der Waals surface area contributed by atoms with Crippen LogP contribution in [0.2, 0.25) is 0 Å². The van der Waals surface area contributed by atoms with Crippen LogP contribution < -0.4 is 0 Å². The molecule has 1 saturated heterocycles. The van der Waals surface area contributed by atoms with E-state index >= 15 is 0 Å². The quantitative estimate of drug-likeness (QED) is 0.697. The van der Waals surface area contributed by atoms with Crippen molar-refractivity contribution >= 4 is 27.3 Å². The SMILES string of the molecule is CCC(C)c1ccc(S(=O)(=O)N2CCN(C(=O)c3cnc(C4CC4)s3)CC2)cc1. The predicted octanol–water partition coefficient (Wildman–Crippen LogP) is 3.68. The molecule has 1 aromatic heterocycles. The van der Waals surface area contributed by atoms with Gasteiger partial charge in [-0.05, 0) is 42.9 Å². The van der Waals surface area contributed by atoms with Crippen molar-refractivity contribution in [1.82, 2.24) is 14.2 Å². The fourth-order valence-corrected chi connectivity index (χ4v) is 6.02. The molecule has 2 fully saturated rings. The molecule has 2 aliphatic rings. The molecule has 8 heteroatoms. The summed E-state index contributed by atoms with van der Waals surface area (Å²) >= 11 is 1.48. The first kappa shape index (κ1) is 20.5. The van der Waals surface area contributed by atoms with Crippen LogP contribution in [0.5, 0.6) is 0 Å². The molecule has 0 bridgehead atoms. The number of nitrogens with zero attached hydrogens (tertiary/aromatic N) is 3. The van der Waals surface area contributed by atoms with E-state index in [0.717, 1.165) is 29.8 Å². The van der Waals surface area contributed by atoms with Gasteiger partial charge >= 0.3 is 0 Å². The van der Waals surface area contributed by atoms with Crippen molar-refractivity contribution in [3.63, 3.8) is 0 Å². The Balaban J connectivity index is 1.39. The van der Waals surface area contributed by atoms with E-state index < -0.39 is 10.0 Å². The number of rotatable bonds is 6. The molecule has 29 heavy (non-hydrogen) atoms. The maximum atomic E-state index is 13.0. The smallest absolute Gasteiger partial charge is 0.265 e. The third-order valence-corrected chi connectivity index (χ3v) is 8.95. The number of sulfonamides is 1. The minimum absolute atomic E-state index is 0.0376. The molecule has 1 amide bonds. The first-order valence-corrected chi connectivity index (χ1v) is 12.5. The zero-order valence-corrected chi connectivity index (χ0v) is 18.5. The van der Waals surface area contributed by atoms with E-state index in [1.807, 2.05) is 12.1 Å². The van der Waals surface area contributed by atoms with Gasteiger partial charge in [0.25, 0.3) is 5.91 Å². The highest BCUT2D eigenvalue weighted by Crippen LogP contribution is 2.41. The molecule has 1 unspecified atom stereocenters. The van der Waals surface area contributed by atoms with Gasteiger partial charge in [0.15, 0.2) is 0 Å². The summed E-state index contributed by atoms with van der Waals surface area (Å²) in [5.74, 6) is 0.910. The van der Waals surface area contributed by atoms with Gasteiger partial charge in [-0.25, -0.2) is 13.4 Å². The van der Waals surface area contributed by atoms with E-state index in [1.165, 1.54) is 15.6 Å². The molecule has 0 spiro atoms. The monoisotopic (exact) mass is 433 g/mol. The molecule has 1 saturated carbocycles. The Morgan fingerprint density at radius 3 is 2.41 bits per heavy atom. The van der Waals surface area contributed by atoms with Crippen LogP contribution in [0.25, 0.3) is 0 Å². The second-order valence-electron chi connectivity index (χ2n) is 7.91. The highest BCUT2D eigenvalue weighted by Gasteiger charge is 2.32. The van der Waals surface area contributed by atoms with Crippen LogP contribution in [0.4, 0.5) is 0 Å². The van der Waals surface area contributed by atoms with Crippen LogP contribution >= 0.6 is 11.3 Å². The zero-order valence-electron chi connectivity index (χ0n) is 16.9. The lowest BCUT2D eigenvalue weighted by atomic mass is 9.99. The van der Waals surface area contributed by atoms with Gasteiger partial charge in [0.05, 0.1) is 16.1 Å². The van der Waals surface area contributed by atoms with E-state index in [9.17, 15) is 13.2 Å². The Bertz CT molecular complexity index is 973. The minimum Gasteiger partial charge on any atom is -0.335 e. The van der Waals surface area contributed by atoms with Crippen LogP contribution in [0.15, 0.2) is 35.4 Å². The Hall–Kier alpha value is -1.77. The summed E-state index contributed by atoms with van der Waals surface area (Å²) < 4.78 is 27.5. The van der Waals surface area contributed by atoms with Gasteiger partial charge in [-0.15, -0.1) is 11.3 Å². The lowest BCUT2D eigenvalue weighted by Crippen LogP contribution is -2.50. The average Bonchev–Trinajstić information content (AvgIpc) is 3.49. The first-order chi connectivity index (χ1) is 13.9. The summed E-state index contributed by atoms with van der Waals surface area (Å²) in [6, 6.07) is 7.21. The number of carbonyl (C=O) groups excluding carboxylic acids is 1. The van der Waals surface area contributed by atoms with Crippen molar-refractivity contribution < 1.29 is 13.2 Å². The molecule has 2 aromatic rings. The second kappa shape index (κ2) is 8.16. The number of amides is 1. The lowest BCUT2D eigenvalue weighted by molar-refractivity contribution is 0.0702. The van der Waals surface area contributed by atoms with E-state index in [-0.39, 0.29) is 5.91 Å². The number of carbonyl (C=O) groups is 1. The van der Waals surface area contributed by atoms with Crippen LogP contribution in [0, 0.1) is 0 Å². The Morgan fingerprint density at radius 2 is 1.83 bits per heavy atom. The van der Waals surface area contributed by atoms with Gasteiger partial charge in [0, 0.05) is 32.1 Å². The molecule has 6 nitrogen and oxygen atoms in total. The van der Waals surface area contributed by atoms with Crippen LogP contribution in [0.1, 0.15) is 65.2 Å². The van der Waals surface area contributed by atoms with Crippen molar-refractivity contribution in [3.05, 3.63) is 45.9 Å². The maximum Gasteiger partial charge on any atom is 0.265 e. The van der Waals surface area contributed by atoms with Gasteiger partial charge < -0.3 is 4.90 Å². The molecule has 0 radical (unpaired) electrons. The van der Waals surface area contributed by atoms with Gasteiger partial charge in [0.2, 0.25) is 10.0 Å². The van der Waals surface area contributed by atoms with Crippen molar-refractivity contribution in [2.24, 2.45) is 0 Å². The topological polar surface area (TPSA) is 70.6 Å². The van der Waals surface area contributed by atoms with Gasteiger partial charge in [-0.3, -0.25) is 4.79 Å². The third-order valence-electron chi connectivity index (χ3n) is 5.89. The molecule has 1 aliphatic carbocycles. The standard InChI is InChI=1S/C21H27N3O3S2/c1-3-15(2)16-6-8-18(9-7-16)29(26,27)24-12-10-23(11-13-24)21(25)19-14-22-20(28-19)17-4-5-17/h6-9,14-15,17H,3-5,10-13H2,1-2H3. The van der Waals surface area contributed by atoms with E-state index in [4.69, 9.17) is 0 Å². The van der Waals surface area contributed by atoms with Gasteiger partial charge in [0.1, 0.15) is 4.88 Å². The average molecular weight is 434 g/mol. The summed E-state index contributed by atoms with van der Waals surface area (Å²) in [6.45, 7) is 5.69. The third kappa shape index (κ3) is 4.25. The highest BCUT2D eigenvalue weighted by molar-refractivity contribution is 7.89. The maximum absolute atomic E-state index is 13.0. The Labute approximate surface area is 176 Å². The van der Waals surface area contributed by atoms with E-state index in [0.29, 0.717) is 47.8 Å². The van der Waals surface area contributed by atoms with Crippen LogP contribution in [0.3, 0.4) is 0 Å². The molecule has 4 rings (SSSR count). The van der Waals surface area contributed by atoms with Crippen molar-refractivity contribution in [2.45, 2.75) is 49.8 Å². The summed E-state index contributed by atoms with van der Waals surface area (Å²) in [7, 11) is -3.54. The number of hydrogen-bond donors (Lipinski definition) is 0. The Kier molecular flexibility index (Phi) is 5.77. The lowest BCUT2D eigenvalue weighted by Gasteiger charge is -2.33. The molecule has 1 atom stereocenters. The first-order valence-electron chi connectivity index (χ1n) is 10.2. The van der Waals surface area contributed by atoms with Gasteiger partial charge in [-0.1, -0.05) is 26.0 Å². The number of piperazine rings is 1. The van der Waals surface area contributed by atoms with E-state index in [2.05, 4.69) is 18.8 Å². The molecule has 1 aliphatic heterocycles. The van der Waals surface area contributed by atoms with E-state index in [1.54, 1.807) is 23.2 Å². The summed E-state index contributed by atoms with van der Waals surface area (Å²) in [4.78, 5) is 19.8. The molecule has 2 heterocycles. The number of aromatic nitrogens is 1. The fraction of sp³-hybridized carbons (Fsp3) is 0.524. The Morgan fingerprint density at radius 1 is 1.17 bits per heavy atom. The largest absolute Gasteiger partial charge is 0.335 e. The van der Waals surface area contributed by atoms with Crippen molar-refractivity contribution in [3.8, 4) is 0 Å². The van der Waals surface area contributed by atoms with Crippen molar-refractivity contribution in [1.29, 1.82) is 0 Å². The molecule has 1 aromatic carbocycles. The fourth-order valence-electron chi connectivity index (χ4n) is 3.55. The number of thiazole rings is 1. The predicted molar refractivity (Wildman–Crippen MR) is 114 cm³/mol. The van der Waals surface area contributed by atoms with Crippen molar-refractivity contribution in [2.75, 3.05) is 26.2 Å². The number of benzene rings is 1. The zero-order chi connectivity index (χ0) is 20.6. The number of hydrogen-bond acceptors (Lipinski definition) is 5. The highest BCUT2D eigenvalue weighted by atomic mass is 32.2. The van der Waals surface area contributed by atoms with Crippen LogP contribution in [-0.2, 0) is 10.0 Å². The summed E-state index contributed by atoms with van der Waals surface area (Å²) in [5.41, 5.74) is 1.15. The second-order valence-corrected chi connectivity index (χ2v) is 10.9. The normalized spacial score (nSPS) is 19.3. The van der Waals surface area contributed by atoms with Crippen LogP contribution in [-0.4, -0.2) is 54.7 Å². The molecule has 156 valence electrons. The summed E-state index contributed by atoms with van der Waals surface area (Å²) in [6.07, 6.45) is 5.01. The summed E-state index contributed by atoms with van der Waals surface area (Å²) in [5, 5.41) is 1.05. The molecular formula is C21H27N3O3S2. The van der Waals surface area contributed by atoms with Gasteiger partial charge in [-0.2, -0.15) is 4.31 Å². The minimum atomic E-state index is -3.54.